The van der Waals surface area contributed by atoms with E-state index in [1.165, 1.54) is 0 Å². The van der Waals surface area contributed by atoms with E-state index in [9.17, 15) is 9.59 Å². The summed E-state index contributed by atoms with van der Waals surface area (Å²) in [4.78, 5) is 18.6. The van der Waals surface area contributed by atoms with E-state index in [-0.39, 0.29) is 30.1 Å². The molecule has 0 saturated heterocycles. The average Bonchev–Trinajstić information content (AvgIpc) is 2.50. The Morgan fingerprint density at radius 1 is 0.952 bits per heavy atom. The van der Waals surface area contributed by atoms with Gasteiger partial charge in [0.2, 0.25) is 0 Å². The molecular weight excluding hydrogens is 316 g/mol. The largest absolute Gasteiger partial charge is 0.481 e. The fourth-order valence-corrected chi connectivity index (χ4v) is 1.16. The summed E-state index contributed by atoms with van der Waals surface area (Å²) in [6, 6.07) is 0. The van der Waals surface area contributed by atoms with Gasteiger partial charge >= 0.3 is 11.9 Å². The first-order valence-corrected chi connectivity index (χ1v) is 7.92. The third kappa shape index (κ3) is 19.6. The van der Waals surface area contributed by atoms with E-state index in [0.29, 0.717) is 0 Å². The number of carboxylic acid groups (broad SMARTS) is 2. The summed E-state index contributed by atoms with van der Waals surface area (Å²) >= 11 is 6.83. The summed E-state index contributed by atoms with van der Waals surface area (Å²) in [5.74, 6) is -1.93. The predicted molar refractivity (Wildman–Crippen MR) is 89.4 cm³/mol. The lowest BCUT2D eigenvalue weighted by molar-refractivity contribution is -0.134. The molecule has 0 aliphatic carbocycles. The number of hydrogen-bond acceptors (Lipinski definition) is 6. The van der Waals surface area contributed by atoms with E-state index < -0.39 is 11.9 Å². The monoisotopic (exact) mass is 344 g/mol. The maximum atomic E-state index is 9.29. The molecule has 0 bridgehead atoms. The molecule has 0 atom stereocenters. The van der Waals surface area contributed by atoms with Crippen molar-refractivity contribution in [2.24, 2.45) is 5.41 Å². The Kier molecular flexibility index (Phi) is 21.4. The highest BCUT2D eigenvalue weighted by atomic mass is 32.1. The molecule has 0 aromatic heterocycles. The summed E-state index contributed by atoms with van der Waals surface area (Å²) in [6.07, 6.45) is 4.02. The molecule has 6 nitrogen and oxygen atoms in total. The lowest BCUT2D eigenvalue weighted by Crippen LogP contribution is -2.28. The molecule has 0 radical (unpaired) electrons. The molecule has 4 N–H and O–H groups in total. The highest BCUT2D eigenvalue weighted by Crippen LogP contribution is 2.27. The first-order valence-electron chi connectivity index (χ1n) is 6.66. The Balaban J connectivity index is -0.000000270. The molecule has 21 heavy (non-hydrogen) atoms. The number of aliphatic carboxylic acids is 2. The SMILES string of the molecule is CCCCC(CC)(CO)CO.O=C(O)CS.O=C(O)CS. The Morgan fingerprint density at radius 2 is 1.29 bits per heavy atom. The van der Waals surface area contributed by atoms with Gasteiger partial charge in [0.25, 0.3) is 0 Å². The van der Waals surface area contributed by atoms with Gasteiger partial charge < -0.3 is 20.4 Å². The standard InChI is InChI=1S/C9H20O2.2C2H4O2S/c1-3-5-6-9(4-2,7-10)8-11;2*3-2(4)1-5/h10-11H,3-8H2,1-2H3;2*5H,1H2,(H,3,4). The van der Waals surface area contributed by atoms with Crippen molar-refractivity contribution in [2.75, 3.05) is 24.7 Å². The van der Waals surface area contributed by atoms with Gasteiger partial charge in [0, 0.05) is 5.41 Å². The van der Waals surface area contributed by atoms with Crippen LogP contribution in [0.15, 0.2) is 0 Å². The summed E-state index contributed by atoms with van der Waals surface area (Å²) in [6.45, 7) is 4.36. The van der Waals surface area contributed by atoms with Crippen LogP contribution in [0, 0.1) is 5.41 Å². The first-order chi connectivity index (χ1) is 9.78. The minimum atomic E-state index is -0.881. The fourth-order valence-electron chi connectivity index (χ4n) is 1.16. The van der Waals surface area contributed by atoms with Crippen LogP contribution in [-0.4, -0.2) is 57.1 Å². The van der Waals surface area contributed by atoms with Crippen LogP contribution in [0.1, 0.15) is 39.5 Å². The van der Waals surface area contributed by atoms with Crippen molar-refractivity contribution >= 4 is 37.2 Å². The van der Waals surface area contributed by atoms with Gasteiger partial charge in [0.05, 0.1) is 24.7 Å². The van der Waals surface area contributed by atoms with Gasteiger partial charge in [0.1, 0.15) is 0 Å². The summed E-state index contributed by atoms with van der Waals surface area (Å²) in [5.41, 5.74) is -0.212. The molecule has 0 spiro atoms. The molecule has 0 aliphatic rings. The van der Waals surface area contributed by atoms with Gasteiger partial charge in [-0.3, -0.25) is 9.59 Å². The van der Waals surface area contributed by atoms with E-state index in [4.69, 9.17) is 20.4 Å². The van der Waals surface area contributed by atoms with Gasteiger partial charge in [-0.05, 0) is 12.8 Å². The quantitative estimate of drug-likeness (QED) is 0.372. The second kappa shape index (κ2) is 17.6. The smallest absolute Gasteiger partial charge is 0.313 e. The lowest BCUT2D eigenvalue weighted by atomic mass is 9.82. The summed E-state index contributed by atoms with van der Waals surface area (Å²) in [5, 5.41) is 33.4. The third-order valence-corrected chi connectivity index (χ3v) is 3.29. The van der Waals surface area contributed by atoms with Gasteiger partial charge in [-0.1, -0.05) is 26.7 Å². The Morgan fingerprint density at radius 3 is 1.43 bits per heavy atom. The number of hydrogen-bond donors (Lipinski definition) is 6. The van der Waals surface area contributed by atoms with Gasteiger partial charge in [-0.25, -0.2) is 0 Å². The van der Waals surface area contributed by atoms with Crippen molar-refractivity contribution in [1.29, 1.82) is 0 Å². The Labute approximate surface area is 137 Å². The van der Waals surface area contributed by atoms with Crippen LogP contribution in [0.4, 0.5) is 0 Å². The number of thiol groups is 2. The molecule has 0 saturated carbocycles. The number of rotatable bonds is 8. The maximum absolute atomic E-state index is 9.29. The van der Waals surface area contributed by atoms with Crippen LogP contribution in [0.2, 0.25) is 0 Å². The number of aliphatic hydroxyl groups is 2. The van der Waals surface area contributed by atoms with Crippen molar-refractivity contribution < 1.29 is 30.0 Å². The topological polar surface area (TPSA) is 115 Å². The fraction of sp³-hybridized carbons (Fsp3) is 0.846. The molecule has 0 aromatic rings. The van der Waals surface area contributed by atoms with Crippen LogP contribution >= 0.6 is 25.3 Å². The molecule has 8 heteroatoms. The Hall–Kier alpha value is -0.440. The van der Waals surface area contributed by atoms with Crippen molar-refractivity contribution in [3.63, 3.8) is 0 Å². The minimum absolute atomic E-state index is 0.0833. The zero-order valence-electron chi connectivity index (χ0n) is 12.7. The highest BCUT2D eigenvalue weighted by molar-refractivity contribution is 7.81. The van der Waals surface area contributed by atoms with E-state index >= 15 is 0 Å². The molecular formula is C13H28O6S2. The first kappa shape index (κ1) is 25.5. The third-order valence-electron chi connectivity index (χ3n) is 2.75. The predicted octanol–water partition coefficient (Wildman–Crippen LogP) is 1.56. The molecule has 0 amide bonds. The van der Waals surface area contributed by atoms with Crippen LogP contribution in [-0.2, 0) is 9.59 Å². The maximum Gasteiger partial charge on any atom is 0.313 e. The van der Waals surface area contributed by atoms with Crippen molar-refractivity contribution in [3.8, 4) is 0 Å². The Bertz CT molecular complexity index is 235. The second-order valence-electron chi connectivity index (χ2n) is 4.38. The second-order valence-corrected chi connectivity index (χ2v) is 5.01. The van der Waals surface area contributed by atoms with Gasteiger partial charge in [0.15, 0.2) is 0 Å². The zero-order valence-corrected chi connectivity index (χ0v) is 14.4. The van der Waals surface area contributed by atoms with Crippen molar-refractivity contribution in [1.82, 2.24) is 0 Å². The molecule has 0 rings (SSSR count). The molecule has 0 aliphatic heterocycles. The van der Waals surface area contributed by atoms with Crippen LogP contribution < -0.4 is 0 Å². The number of aliphatic hydroxyl groups excluding tert-OH is 2. The van der Waals surface area contributed by atoms with Gasteiger partial charge in [-0.2, -0.15) is 25.3 Å². The van der Waals surface area contributed by atoms with Gasteiger partial charge in [-0.15, -0.1) is 0 Å². The average molecular weight is 344 g/mol. The summed E-state index contributed by atoms with van der Waals surface area (Å²) < 4.78 is 0. The summed E-state index contributed by atoms with van der Waals surface area (Å²) in [7, 11) is 0. The van der Waals surface area contributed by atoms with Crippen molar-refractivity contribution in [3.05, 3.63) is 0 Å². The molecule has 0 heterocycles. The number of carbonyl (C=O) groups is 2. The van der Waals surface area contributed by atoms with Crippen LogP contribution in [0.3, 0.4) is 0 Å². The minimum Gasteiger partial charge on any atom is -0.481 e. The molecule has 128 valence electrons. The molecule has 0 unspecified atom stereocenters. The van der Waals surface area contributed by atoms with E-state index in [0.717, 1.165) is 25.7 Å². The highest BCUT2D eigenvalue weighted by Gasteiger charge is 2.25. The number of carboxylic acids is 2. The van der Waals surface area contributed by atoms with Crippen molar-refractivity contribution in [2.45, 2.75) is 39.5 Å². The van der Waals surface area contributed by atoms with Crippen LogP contribution in [0.5, 0.6) is 0 Å². The number of unbranched alkanes of at least 4 members (excludes halogenated alkanes) is 1. The van der Waals surface area contributed by atoms with E-state index in [2.05, 4.69) is 32.2 Å². The lowest BCUT2D eigenvalue weighted by Gasteiger charge is -2.27. The van der Waals surface area contributed by atoms with Crippen LogP contribution in [0.25, 0.3) is 0 Å². The van der Waals surface area contributed by atoms with E-state index in [1.807, 2.05) is 6.92 Å². The normalized spacial score (nSPS) is 9.81. The zero-order chi connectivity index (χ0) is 17.3. The van der Waals surface area contributed by atoms with E-state index in [1.54, 1.807) is 0 Å². The molecule has 0 fully saturated rings. The molecule has 0 aromatic carbocycles.